The largest absolute Gasteiger partial charge is 0.353 e. The fraction of sp³-hybridized carbons (Fsp3) is 0.857. The van der Waals surface area contributed by atoms with Gasteiger partial charge in [0, 0.05) is 19.0 Å². The Balaban J connectivity index is 2.03. The van der Waals surface area contributed by atoms with E-state index in [-0.39, 0.29) is 24.3 Å². The van der Waals surface area contributed by atoms with Gasteiger partial charge in [-0.25, -0.2) is 0 Å². The fourth-order valence-electron chi connectivity index (χ4n) is 2.33. The minimum atomic E-state index is -0.109. The molecule has 0 bridgehead atoms. The second-order valence-corrected chi connectivity index (χ2v) is 5.15. The number of amides is 2. The van der Waals surface area contributed by atoms with Gasteiger partial charge in [-0.2, -0.15) is 0 Å². The van der Waals surface area contributed by atoms with E-state index in [1.54, 1.807) is 0 Å². The van der Waals surface area contributed by atoms with Crippen LogP contribution in [0.3, 0.4) is 0 Å². The first-order chi connectivity index (χ1) is 9.24. The molecule has 0 radical (unpaired) electrons. The summed E-state index contributed by atoms with van der Waals surface area (Å²) in [5.74, 6) is 0.0502. The molecule has 0 aromatic carbocycles. The minimum absolute atomic E-state index is 0.0407. The fourth-order valence-corrected chi connectivity index (χ4v) is 2.33. The van der Waals surface area contributed by atoms with Gasteiger partial charge in [-0.3, -0.25) is 9.59 Å². The standard InChI is InChI=1S/C14H27N3O2/c1-2-8-15-9-10-16-13(18)11-17-14(19)12-6-4-3-5-7-12/h12,15H,2-11H2,1H3,(H,16,18)(H,17,19). The Kier molecular flexibility index (Phi) is 8.21. The third-order valence-electron chi connectivity index (χ3n) is 3.45. The normalized spacial score (nSPS) is 16.1. The van der Waals surface area contributed by atoms with Crippen molar-refractivity contribution in [3.8, 4) is 0 Å². The van der Waals surface area contributed by atoms with Crippen LogP contribution < -0.4 is 16.0 Å². The maximum atomic E-state index is 11.8. The molecular weight excluding hydrogens is 242 g/mol. The van der Waals surface area contributed by atoms with E-state index < -0.39 is 0 Å². The molecule has 0 spiro atoms. The van der Waals surface area contributed by atoms with Gasteiger partial charge >= 0.3 is 0 Å². The van der Waals surface area contributed by atoms with Crippen molar-refractivity contribution in [2.24, 2.45) is 5.92 Å². The lowest BCUT2D eigenvalue weighted by molar-refractivity contribution is -0.129. The van der Waals surface area contributed by atoms with E-state index in [1.807, 2.05) is 0 Å². The van der Waals surface area contributed by atoms with Gasteiger partial charge in [-0.1, -0.05) is 26.2 Å². The molecule has 2 amide bonds. The molecule has 1 saturated carbocycles. The van der Waals surface area contributed by atoms with Crippen molar-refractivity contribution in [3.63, 3.8) is 0 Å². The van der Waals surface area contributed by atoms with Crippen LogP contribution in [-0.4, -0.2) is 38.0 Å². The minimum Gasteiger partial charge on any atom is -0.353 e. The van der Waals surface area contributed by atoms with Gasteiger partial charge in [-0.05, 0) is 25.8 Å². The number of carbonyl (C=O) groups is 2. The Bertz CT molecular complexity index is 276. The average Bonchev–Trinajstić information content (AvgIpc) is 2.45. The molecule has 1 fully saturated rings. The van der Waals surface area contributed by atoms with Crippen molar-refractivity contribution >= 4 is 11.8 Å². The van der Waals surface area contributed by atoms with Gasteiger partial charge in [0.1, 0.15) is 0 Å². The maximum Gasteiger partial charge on any atom is 0.239 e. The molecule has 1 aliphatic carbocycles. The van der Waals surface area contributed by atoms with Gasteiger partial charge < -0.3 is 16.0 Å². The van der Waals surface area contributed by atoms with E-state index in [4.69, 9.17) is 0 Å². The number of hydrogen-bond donors (Lipinski definition) is 3. The first kappa shape index (κ1) is 16.0. The van der Waals surface area contributed by atoms with Gasteiger partial charge in [0.2, 0.25) is 11.8 Å². The van der Waals surface area contributed by atoms with Gasteiger partial charge in [-0.15, -0.1) is 0 Å². The third-order valence-corrected chi connectivity index (χ3v) is 3.45. The van der Waals surface area contributed by atoms with E-state index in [0.717, 1.165) is 45.2 Å². The molecule has 19 heavy (non-hydrogen) atoms. The van der Waals surface area contributed by atoms with Crippen LogP contribution >= 0.6 is 0 Å². The lowest BCUT2D eigenvalue weighted by atomic mass is 9.89. The lowest BCUT2D eigenvalue weighted by Gasteiger charge is -2.20. The van der Waals surface area contributed by atoms with Crippen molar-refractivity contribution in [3.05, 3.63) is 0 Å². The average molecular weight is 269 g/mol. The first-order valence-corrected chi connectivity index (χ1v) is 7.49. The van der Waals surface area contributed by atoms with E-state index in [1.165, 1.54) is 6.42 Å². The summed E-state index contributed by atoms with van der Waals surface area (Å²) in [6.07, 6.45) is 6.52. The van der Waals surface area contributed by atoms with E-state index in [2.05, 4.69) is 22.9 Å². The molecule has 3 N–H and O–H groups in total. The molecule has 1 rings (SSSR count). The monoisotopic (exact) mass is 269 g/mol. The van der Waals surface area contributed by atoms with Crippen LogP contribution in [0.5, 0.6) is 0 Å². The van der Waals surface area contributed by atoms with E-state index in [0.29, 0.717) is 6.54 Å². The van der Waals surface area contributed by atoms with Crippen LogP contribution in [0.1, 0.15) is 45.4 Å². The summed E-state index contributed by atoms with van der Waals surface area (Å²) in [6, 6.07) is 0. The van der Waals surface area contributed by atoms with Gasteiger partial charge in [0.05, 0.1) is 6.54 Å². The van der Waals surface area contributed by atoms with Crippen molar-refractivity contribution in [2.75, 3.05) is 26.2 Å². The summed E-state index contributed by atoms with van der Waals surface area (Å²) in [7, 11) is 0. The molecule has 0 unspecified atom stereocenters. The Morgan fingerprint density at radius 1 is 1.00 bits per heavy atom. The van der Waals surface area contributed by atoms with Crippen molar-refractivity contribution < 1.29 is 9.59 Å². The molecule has 0 heterocycles. The Morgan fingerprint density at radius 3 is 2.42 bits per heavy atom. The highest BCUT2D eigenvalue weighted by atomic mass is 16.2. The van der Waals surface area contributed by atoms with Crippen molar-refractivity contribution in [2.45, 2.75) is 45.4 Å². The molecular formula is C14H27N3O2. The predicted octanol–water partition coefficient (Wildman–Crippen LogP) is 0.799. The first-order valence-electron chi connectivity index (χ1n) is 7.49. The second-order valence-electron chi connectivity index (χ2n) is 5.15. The summed E-state index contributed by atoms with van der Waals surface area (Å²) in [5, 5.41) is 8.72. The third kappa shape index (κ3) is 7.15. The second kappa shape index (κ2) is 9.78. The topological polar surface area (TPSA) is 70.2 Å². The summed E-state index contributed by atoms with van der Waals surface area (Å²) in [5.41, 5.74) is 0. The highest BCUT2D eigenvalue weighted by Crippen LogP contribution is 2.23. The molecule has 1 aliphatic rings. The van der Waals surface area contributed by atoms with Crippen molar-refractivity contribution in [1.29, 1.82) is 0 Å². The van der Waals surface area contributed by atoms with Crippen LogP contribution in [0.25, 0.3) is 0 Å². The highest BCUT2D eigenvalue weighted by molar-refractivity contribution is 5.85. The summed E-state index contributed by atoms with van der Waals surface area (Å²) < 4.78 is 0. The molecule has 0 aromatic rings. The quantitative estimate of drug-likeness (QED) is 0.571. The smallest absolute Gasteiger partial charge is 0.239 e. The summed E-state index contributed by atoms with van der Waals surface area (Å²) in [4.78, 5) is 23.3. The van der Waals surface area contributed by atoms with Crippen LogP contribution in [0.4, 0.5) is 0 Å². The Hall–Kier alpha value is -1.10. The Morgan fingerprint density at radius 2 is 1.74 bits per heavy atom. The predicted molar refractivity (Wildman–Crippen MR) is 75.8 cm³/mol. The van der Waals surface area contributed by atoms with Gasteiger partial charge in [0.15, 0.2) is 0 Å². The van der Waals surface area contributed by atoms with E-state index >= 15 is 0 Å². The summed E-state index contributed by atoms with van der Waals surface area (Å²) >= 11 is 0. The zero-order valence-corrected chi connectivity index (χ0v) is 12.0. The molecule has 0 aromatic heterocycles. The van der Waals surface area contributed by atoms with Crippen LogP contribution in [0, 0.1) is 5.92 Å². The number of carbonyl (C=O) groups excluding carboxylic acids is 2. The van der Waals surface area contributed by atoms with Gasteiger partial charge in [0.25, 0.3) is 0 Å². The molecule has 0 atom stereocenters. The molecule has 110 valence electrons. The van der Waals surface area contributed by atoms with E-state index in [9.17, 15) is 9.59 Å². The zero-order chi connectivity index (χ0) is 13.9. The number of rotatable bonds is 8. The molecule has 5 nitrogen and oxygen atoms in total. The van der Waals surface area contributed by atoms with Crippen LogP contribution in [-0.2, 0) is 9.59 Å². The highest BCUT2D eigenvalue weighted by Gasteiger charge is 2.20. The molecule has 0 saturated heterocycles. The number of hydrogen-bond acceptors (Lipinski definition) is 3. The lowest BCUT2D eigenvalue weighted by Crippen LogP contribution is -2.41. The molecule has 5 heteroatoms. The van der Waals surface area contributed by atoms with Crippen LogP contribution in [0.2, 0.25) is 0 Å². The van der Waals surface area contributed by atoms with Crippen LogP contribution in [0.15, 0.2) is 0 Å². The zero-order valence-electron chi connectivity index (χ0n) is 12.0. The SMILES string of the molecule is CCCNCCNC(=O)CNC(=O)C1CCCCC1. The summed E-state index contributed by atoms with van der Waals surface area (Å²) in [6.45, 7) is 4.55. The number of nitrogens with one attached hydrogen (secondary N) is 3. The Labute approximate surface area is 115 Å². The maximum absolute atomic E-state index is 11.8. The van der Waals surface area contributed by atoms with Crippen molar-refractivity contribution in [1.82, 2.24) is 16.0 Å². The molecule has 0 aliphatic heterocycles.